The molecular formula is C14H14F3N5O3. The van der Waals surface area contributed by atoms with Crippen molar-refractivity contribution in [2.45, 2.75) is 19.3 Å². The van der Waals surface area contributed by atoms with Gasteiger partial charge in [0.25, 0.3) is 0 Å². The highest BCUT2D eigenvalue weighted by molar-refractivity contribution is 6.39. The summed E-state index contributed by atoms with van der Waals surface area (Å²) >= 11 is 0. The lowest BCUT2D eigenvalue weighted by Gasteiger charge is -2.13. The van der Waals surface area contributed by atoms with Crippen LogP contribution in [-0.2, 0) is 16.1 Å². The van der Waals surface area contributed by atoms with Crippen LogP contribution in [0.3, 0.4) is 0 Å². The van der Waals surface area contributed by atoms with E-state index in [-0.39, 0.29) is 12.2 Å². The number of anilines is 1. The van der Waals surface area contributed by atoms with Gasteiger partial charge in [0.05, 0.1) is 5.69 Å². The fourth-order valence-electron chi connectivity index (χ4n) is 1.83. The van der Waals surface area contributed by atoms with E-state index in [0.29, 0.717) is 13.0 Å². The normalized spacial score (nSPS) is 11.0. The van der Waals surface area contributed by atoms with Crippen molar-refractivity contribution in [2.75, 3.05) is 11.9 Å². The Morgan fingerprint density at radius 3 is 2.64 bits per heavy atom. The summed E-state index contributed by atoms with van der Waals surface area (Å²) in [6.07, 6.45) is -1.54. The maximum absolute atomic E-state index is 12.3. The molecule has 0 saturated carbocycles. The van der Waals surface area contributed by atoms with E-state index in [2.05, 4.69) is 25.5 Å². The molecule has 0 unspecified atom stereocenters. The minimum absolute atomic E-state index is 0.187. The Labute approximate surface area is 140 Å². The topological polar surface area (TPSA) is 98.1 Å². The Hall–Kier alpha value is -3.11. The molecule has 134 valence electrons. The Bertz CT molecular complexity index is 719. The second kappa shape index (κ2) is 8.13. The third-order valence-corrected chi connectivity index (χ3v) is 2.88. The molecule has 2 amide bonds. The van der Waals surface area contributed by atoms with Gasteiger partial charge in [0.1, 0.15) is 12.7 Å². The number of ether oxygens (including phenoxy) is 1. The van der Waals surface area contributed by atoms with E-state index in [9.17, 15) is 22.8 Å². The Morgan fingerprint density at radius 1 is 1.20 bits per heavy atom. The number of carbonyl (C=O) groups excluding carboxylic acids is 2. The Morgan fingerprint density at radius 2 is 1.96 bits per heavy atom. The third kappa shape index (κ3) is 6.12. The van der Waals surface area contributed by atoms with Crippen molar-refractivity contribution in [3.05, 3.63) is 36.9 Å². The monoisotopic (exact) mass is 357 g/mol. The van der Waals surface area contributed by atoms with Crippen LogP contribution in [0.4, 0.5) is 18.9 Å². The van der Waals surface area contributed by atoms with Gasteiger partial charge in [-0.2, -0.15) is 5.10 Å². The number of halogens is 3. The zero-order chi connectivity index (χ0) is 18.3. The van der Waals surface area contributed by atoms with Crippen molar-refractivity contribution in [2.24, 2.45) is 0 Å². The van der Waals surface area contributed by atoms with E-state index < -0.39 is 23.9 Å². The molecule has 0 fully saturated rings. The molecule has 0 aliphatic rings. The fourth-order valence-corrected chi connectivity index (χ4v) is 1.83. The molecular weight excluding hydrogens is 343 g/mol. The lowest BCUT2D eigenvalue weighted by molar-refractivity contribution is -0.274. The number of carbonyl (C=O) groups is 2. The summed E-state index contributed by atoms with van der Waals surface area (Å²) in [5.41, 5.74) is -0.261. The van der Waals surface area contributed by atoms with Crippen molar-refractivity contribution in [3.63, 3.8) is 0 Å². The third-order valence-electron chi connectivity index (χ3n) is 2.88. The molecule has 1 aromatic carbocycles. The van der Waals surface area contributed by atoms with Gasteiger partial charge in [-0.1, -0.05) is 12.1 Å². The number of nitrogens with one attached hydrogen (secondary N) is 2. The summed E-state index contributed by atoms with van der Waals surface area (Å²) in [5.74, 6) is -2.68. The number of hydrogen-bond acceptors (Lipinski definition) is 5. The first-order chi connectivity index (χ1) is 11.8. The molecule has 2 rings (SSSR count). The first kappa shape index (κ1) is 18.2. The summed E-state index contributed by atoms with van der Waals surface area (Å²) < 4.78 is 42.3. The Balaban J connectivity index is 1.83. The maximum atomic E-state index is 12.3. The average Bonchev–Trinajstić information content (AvgIpc) is 3.05. The number of rotatable bonds is 6. The minimum Gasteiger partial charge on any atom is -0.404 e. The van der Waals surface area contributed by atoms with E-state index >= 15 is 0 Å². The SMILES string of the molecule is O=C(NCCCn1cncn1)C(=O)Nc1ccccc1OC(F)(F)F. The molecule has 1 heterocycles. The molecule has 0 spiro atoms. The van der Waals surface area contributed by atoms with Gasteiger partial charge < -0.3 is 15.4 Å². The first-order valence-corrected chi connectivity index (χ1v) is 7.11. The molecule has 11 heteroatoms. The van der Waals surface area contributed by atoms with Crippen molar-refractivity contribution < 1.29 is 27.5 Å². The first-order valence-electron chi connectivity index (χ1n) is 7.11. The zero-order valence-electron chi connectivity index (χ0n) is 12.8. The summed E-state index contributed by atoms with van der Waals surface area (Å²) in [7, 11) is 0. The van der Waals surface area contributed by atoms with Crippen LogP contribution in [0.5, 0.6) is 5.75 Å². The van der Waals surface area contributed by atoms with Crippen LogP contribution in [0, 0.1) is 0 Å². The number of para-hydroxylation sites is 2. The maximum Gasteiger partial charge on any atom is 0.573 e. The highest BCUT2D eigenvalue weighted by Crippen LogP contribution is 2.29. The van der Waals surface area contributed by atoms with Crippen LogP contribution < -0.4 is 15.4 Å². The van der Waals surface area contributed by atoms with Crippen molar-refractivity contribution in [3.8, 4) is 5.75 Å². The minimum atomic E-state index is -4.91. The van der Waals surface area contributed by atoms with Crippen LogP contribution in [0.1, 0.15) is 6.42 Å². The highest BCUT2D eigenvalue weighted by atomic mass is 19.4. The van der Waals surface area contributed by atoms with E-state index in [1.807, 2.05) is 0 Å². The standard InChI is InChI=1S/C14H14F3N5O3/c15-14(16,17)25-11-5-2-1-4-10(11)21-13(24)12(23)19-6-3-7-22-9-18-8-20-22/h1-2,4-5,8-9H,3,6-7H2,(H,19,23)(H,21,24). The van der Waals surface area contributed by atoms with Gasteiger partial charge in [0.2, 0.25) is 0 Å². The van der Waals surface area contributed by atoms with Gasteiger partial charge >= 0.3 is 18.2 Å². The predicted molar refractivity (Wildman–Crippen MR) is 79.4 cm³/mol. The fraction of sp³-hybridized carbons (Fsp3) is 0.286. The molecule has 0 bridgehead atoms. The second-order valence-corrected chi connectivity index (χ2v) is 4.77. The smallest absolute Gasteiger partial charge is 0.404 e. The zero-order valence-corrected chi connectivity index (χ0v) is 12.8. The highest BCUT2D eigenvalue weighted by Gasteiger charge is 2.32. The molecule has 0 saturated heterocycles. The average molecular weight is 357 g/mol. The lowest BCUT2D eigenvalue weighted by atomic mass is 10.3. The quantitative estimate of drug-likeness (QED) is 0.600. The number of aromatic nitrogens is 3. The Kier molecular flexibility index (Phi) is 5.93. The number of nitrogens with zero attached hydrogens (tertiary/aromatic N) is 3. The molecule has 1 aromatic heterocycles. The van der Waals surface area contributed by atoms with Crippen LogP contribution in [0.2, 0.25) is 0 Å². The van der Waals surface area contributed by atoms with Gasteiger partial charge in [-0.25, -0.2) is 4.98 Å². The van der Waals surface area contributed by atoms with Crippen LogP contribution in [-0.4, -0.2) is 39.5 Å². The number of hydrogen-bond donors (Lipinski definition) is 2. The molecule has 0 radical (unpaired) electrons. The predicted octanol–water partition coefficient (Wildman–Crippen LogP) is 1.32. The van der Waals surface area contributed by atoms with E-state index in [1.54, 1.807) is 4.68 Å². The lowest BCUT2D eigenvalue weighted by Crippen LogP contribution is -2.36. The molecule has 25 heavy (non-hydrogen) atoms. The molecule has 2 N–H and O–H groups in total. The summed E-state index contributed by atoms with van der Waals surface area (Å²) in [4.78, 5) is 27.2. The van der Waals surface area contributed by atoms with Gasteiger partial charge in [-0.15, -0.1) is 13.2 Å². The van der Waals surface area contributed by atoms with Crippen LogP contribution in [0.25, 0.3) is 0 Å². The molecule has 0 aliphatic heterocycles. The van der Waals surface area contributed by atoms with E-state index in [1.165, 1.54) is 30.9 Å². The largest absolute Gasteiger partial charge is 0.573 e. The second-order valence-electron chi connectivity index (χ2n) is 4.77. The van der Waals surface area contributed by atoms with Crippen molar-refractivity contribution >= 4 is 17.5 Å². The summed E-state index contributed by atoms with van der Waals surface area (Å²) in [5, 5.41) is 8.31. The number of alkyl halides is 3. The summed E-state index contributed by atoms with van der Waals surface area (Å²) in [6, 6.07) is 4.92. The molecule has 2 aromatic rings. The number of benzene rings is 1. The number of aryl methyl sites for hydroxylation is 1. The van der Waals surface area contributed by atoms with Crippen molar-refractivity contribution in [1.82, 2.24) is 20.1 Å². The van der Waals surface area contributed by atoms with E-state index in [0.717, 1.165) is 6.07 Å². The number of amides is 2. The van der Waals surface area contributed by atoms with Crippen LogP contribution in [0.15, 0.2) is 36.9 Å². The molecule has 0 aliphatic carbocycles. The van der Waals surface area contributed by atoms with Gasteiger partial charge in [-0.3, -0.25) is 14.3 Å². The van der Waals surface area contributed by atoms with E-state index in [4.69, 9.17) is 0 Å². The molecule has 8 nitrogen and oxygen atoms in total. The van der Waals surface area contributed by atoms with Gasteiger partial charge in [0.15, 0.2) is 5.75 Å². The van der Waals surface area contributed by atoms with Crippen LogP contribution >= 0.6 is 0 Å². The molecule has 0 atom stereocenters. The van der Waals surface area contributed by atoms with Gasteiger partial charge in [0, 0.05) is 13.1 Å². The van der Waals surface area contributed by atoms with Crippen molar-refractivity contribution in [1.29, 1.82) is 0 Å². The summed E-state index contributed by atoms with van der Waals surface area (Å²) in [6.45, 7) is 0.678. The van der Waals surface area contributed by atoms with Gasteiger partial charge in [-0.05, 0) is 18.6 Å².